The molecule has 1 aromatic rings. The number of amides is 2. The zero-order valence-corrected chi connectivity index (χ0v) is 16.0. The highest BCUT2D eigenvalue weighted by atomic mass is 16.5. The molecule has 3 heterocycles. The van der Waals surface area contributed by atoms with Crippen LogP contribution in [0.3, 0.4) is 0 Å². The molecule has 0 aliphatic carbocycles. The maximum atomic E-state index is 12.4. The van der Waals surface area contributed by atoms with Gasteiger partial charge in [0.05, 0.1) is 23.6 Å². The van der Waals surface area contributed by atoms with Crippen LogP contribution in [0.1, 0.15) is 31.2 Å². The number of nitrogens with zero attached hydrogens (tertiary/aromatic N) is 4. The summed E-state index contributed by atoms with van der Waals surface area (Å²) >= 11 is 0. The summed E-state index contributed by atoms with van der Waals surface area (Å²) in [5.74, 6) is 0.0654. The SMILES string of the molecule is CCn1nc(C)c(NC(=O)CN2CCN(C(=O)[C@@H]3CCCO3)CC2)c1C. The van der Waals surface area contributed by atoms with Crippen molar-refractivity contribution in [2.75, 3.05) is 44.6 Å². The Morgan fingerprint density at radius 3 is 2.54 bits per heavy atom. The summed E-state index contributed by atoms with van der Waals surface area (Å²) in [6.45, 7) is 10.4. The van der Waals surface area contributed by atoms with Gasteiger partial charge in [0.1, 0.15) is 6.10 Å². The number of aromatic nitrogens is 2. The van der Waals surface area contributed by atoms with Gasteiger partial charge in [-0.3, -0.25) is 19.2 Å². The van der Waals surface area contributed by atoms with Gasteiger partial charge in [0, 0.05) is 39.3 Å². The Morgan fingerprint density at radius 2 is 1.96 bits per heavy atom. The van der Waals surface area contributed by atoms with Crippen molar-refractivity contribution in [2.24, 2.45) is 0 Å². The second-order valence-electron chi connectivity index (χ2n) is 7.01. The average Bonchev–Trinajstić information content (AvgIpc) is 3.26. The Labute approximate surface area is 154 Å². The van der Waals surface area contributed by atoms with Crippen molar-refractivity contribution < 1.29 is 14.3 Å². The van der Waals surface area contributed by atoms with Crippen molar-refractivity contribution in [1.29, 1.82) is 0 Å². The molecule has 3 rings (SSSR count). The normalized spacial score (nSPS) is 21.2. The highest BCUT2D eigenvalue weighted by Gasteiger charge is 2.30. The van der Waals surface area contributed by atoms with Gasteiger partial charge in [-0.05, 0) is 33.6 Å². The maximum Gasteiger partial charge on any atom is 0.251 e. The molecule has 2 saturated heterocycles. The molecule has 0 aromatic carbocycles. The molecule has 0 unspecified atom stereocenters. The summed E-state index contributed by atoms with van der Waals surface area (Å²) in [5, 5.41) is 7.42. The summed E-state index contributed by atoms with van der Waals surface area (Å²) in [4.78, 5) is 28.7. The monoisotopic (exact) mass is 363 g/mol. The van der Waals surface area contributed by atoms with Crippen molar-refractivity contribution in [2.45, 2.75) is 46.3 Å². The average molecular weight is 363 g/mol. The minimum Gasteiger partial charge on any atom is -0.368 e. The van der Waals surface area contributed by atoms with Crippen molar-refractivity contribution in [1.82, 2.24) is 19.6 Å². The van der Waals surface area contributed by atoms with Gasteiger partial charge < -0.3 is 15.0 Å². The first-order chi connectivity index (χ1) is 12.5. The van der Waals surface area contributed by atoms with Crippen LogP contribution in [-0.4, -0.2) is 76.8 Å². The lowest BCUT2D eigenvalue weighted by Crippen LogP contribution is -2.52. The Bertz CT molecular complexity index is 658. The lowest BCUT2D eigenvalue weighted by atomic mass is 10.2. The van der Waals surface area contributed by atoms with Gasteiger partial charge in [0.15, 0.2) is 0 Å². The molecule has 0 spiro atoms. The third-order valence-corrected chi connectivity index (χ3v) is 5.20. The van der Waals surface area contributed by atoms with E-state index in [-0.39, 0.29) is 17.9 Å². The van der Waals surface area contributed by atoms with Gasteiger partial charge in [-0.25, -0.2) is 0 Å². The van der Waals surface area contributed by atoms with Crippen LogP contribution in [0.15, 0.2) is 0 Å². The molecule has 2 aliphatic rings. The van der Waals surface area contributed by atoms with E-state index >= 15 is 0 Å². The first-order valence-corrected chi connectivity index (χ1v) is 9.46. The molecule has 2 amide bonds. The number of hydrogen-bond donors (Lipinski definition) is 1. The van der Waals surface area contributed by atoms with Crippen molar-refractivity contribution in [3.05, 3.63) is 11.4 Å². The van der Waals surface area contributed by atoms with E-state index in [1.165, 1.54) is 0 Å². The Balaban J connectivity index is 1.48. The molecule has 1 aromatic heterocycles. The molecule has 0 bridgehead atoms. The van der Waals surface area contributed by atoms with Crippen LogP contribution in [0.4, 0.5) is 5.69 Å². The summed E-state index contributed by atoms with van der Waals surface area (Å²) in [7, 11) is 0. The molecule has 0 radical (unpaired) electrons. The molecule has 1 N–H and O–H groups in total. The van der Waals surface area contributed by atoms with E-state index in [1.54, 1.807) is 0 Å². The first-order valence-electron chi connectivity index (χ1n) is 9.46. The van der Waals surface area contributed by atoms with Crippen LogP contribution in [-0.2, 0) is 20.9 Å². The number of hydrogen-bond acceptors (Lipinski definition) is 5. The molecule has 2 fully saturated rings. The highest BCUT2D eigenvalue weighted by molar-refractivity contribution is 5.93. The predicted octanol–water partition coefficient (Wildman–Crippen LogP) is 0.782. The highest BCUT2D eigenvalue weighted by Crippen LogP contribution is 2.19. The number of nitrogens with one attached hydrogen (secondary N) is 1. The fourth-order valence-electron chi connectivity index (χ4n) is 3.67. The van der Waals surface area contributed by atoms with Crippen molar-refractivity contribution >= 4 is 17.5 Å². The fraction of sp³-hybridized carbons (Fsp3) is 0.722. The molecule has 26 heavy (non-hydrogen) atoms. The number of piperazine rings is 1. The molecule has 8 heteroatoms. The summed E-state index contributed by atoms with van der Waals surface area (Å²) in [5.41, 5.74) is 2.62. The zero-order valence-electron chi connectivity index (χ0n) is 16.0. The van der Waals surface area contributed by atoms with Crippen LogP contribution in [0.2, 0.25) is 0 Å². The standard InChI is InChI=1S/C18H29N5O3/c1-4-23-14(3)17(13(2)20-23)19-16(24)12-21-7-9-22(10-8-21)18(25)15-6-5-11-26-15/h15H,4-12H2,1-3H3,(H,19,24)/t15-/m0/s1. The van der Waals surface area contributed by atoms with Crippen molar-refractivity contribution in [3.8, 4) is 0 Å². The molecular weight excluding hydrogens is 334 g/mol. The van der Waals surface area contributed by atoms with Crippen LogP contribution < -0.4 is 5.32 Å². The van der Waals surface area contributed by atoms with E-state index in [9.17, 15) is 9.59 Å². The van der Waals surface area contributed by atoms with Crippen molar-refractivity contribution in [3.63, 3.8) is 0 Å². The Hall–Kier alpha value is -1.93. The largest absolute Gasteiger partial charge is 0.368 e. The second kappa shape index (κ2) is 8.18. The second-order valence-corrected chi connectivity index (χ2v) is 7.01. The zero-order chi connectivity index (χ0) is 18.7. The number of carbonyl (C=O) groups excluding carboxylic acids is 2. The first kappa shape index (κ1) is 18.8. The van der Waals surface area contributed by atoms with E-state index in [0.717, 1.165) is 36.5 Å². The predicted molar refractivity (Wildman–Crippen MR) is 98.0 cm³/mol. The minimum atomic E-state index is -0.258. The molecule has 0 saturated carbocycles. The van der Waals surface area contributed by atoms with Gasteiger partial charge >= 0.3 is 0 Å². The van der Waals surface area contributed by atoms with Crippen LogP contribution in [0.25, 0.3) is 0 Å². The Morgan fingerprint density at radius 1 is 1.23 bits per heavy atom. The number of ether oxygens (including phenoxy) is 1. The van der Waals surface area contributed by atoms with Crippen LogP contribution in [0.5, 0.6) is 0 Å². The summed E-state index contributed by atoms with van der Waals surface area (Å²) < 4.78 is 7.37. The molecule has 8 nitrogen and oxygen atoms in total. The molecule has 1 atom stereocenters. The third-order valence-electron chi connectivity index (χ3n) is 5.20. The third kappa shape index (κ3) is 4.07. The quantitative estimate of drug-likeness (QED) is 0.836. The summed E-state index contributed by atoms with van der Waals surface area (Å²) in [6.07, 6.45) is 1.53. The smallest absolute Gasteiger partial charge is 0.251 e. The summed E-state index contributed by atoms with van der Waals surface area (Å²) in [6, 6.07) is 0. The van der Waals surface area contributed by atoms with Crippen LogP contribution >= 0.6 is 0 Å². The van der Waals surface area contributed by atoms with E-state index < -0.39 is 0 Å². The minimum absolute atomic E-state index is 0.0363. The van der Waals surface area contributed by atoms with Gasteiger partial charge in [-0.2, -0.15) is 5.10 Å². The number of carbonyl (C=O) groups is 2. The number of anilines is 1. The molecule has 144 valence electrons. The maximum absolute atomic E-state index is 12.4. The lowest BCUT2D eigenvalue weighted by Gasteiger charge is -2.35. The lowest BCUT2D eigenvalue weighted by molar-refractivity contribution is -0.142. The molecular formula is C18H29N5O3. The number of aryl methyl sites for hydroxylation is 2. The number of rotatable bonds is 5. The Kier molecular flexibility index (Phi) is 5.93. The molecule has 2 aliphatic heterocycles. The topological polar surface area (TPSA) is 79.7 Å². The van der Waals surface area contributed by atoms with E-state index in [2.05, 4.69) is 15.3 Å². The van der Waals surface area contributed by atoms with Gasteiger partial charge in [0.2, 0.25) is 5.91 Å². The van der Waals surface area contributed by atoms with E-state index in [4.69, 9.17) is 4.74 Å². The van der Waals surface area contributed by atoms with Gasteiger partial charge in [-0.15, -0.1) is 0 Å². The van der Waals surface area contributed by atoms with Gasteiger partial charge in [0.25, 0.3) is 5.91 Å². The van der Waals surface area contributed by atoms with E-state index in [1.807, 2.05) is 30.4 Å². The van der Waals surface area contributed by atoms with E-state index in [0.29, 0.717) is 39.3 Å². The van der Waals surface area contributed by atoms with Crippen LogP contribution in [0, 0.1) is 13.8 Å². The van der Waals surface area contributed by atoms with Gasteiger partial charge in [-0.1, -0.05) is 0 Å². The fourth-order valence-corrected chi connectivity index (χ4v) is 3.67.